The molecular weight excluding hydrogens is 166 g/mol. The number of nitrogens with two attached hydrogens (primary N) is 2. The number of amides is 1. The summed E-state index contributed by atoms with van der Waals surface area (Å²) < 4.78 is 0. The molecule has 0 aliphatic heterocycles. The fourth-order valence-electron chi connectivity index (χ4n) is 0.708. The van der Waals surface area contributed by atoms with E-state index in [1.807, 2.05) is 25.1 Å². The third kappa shape index (κ3) is 5.43. The lowest BCUT2D eigenvalue weighted by Gasteiger charge is -1.91. The van der Waals surface area contributed by atoms with Crippen LogP contribution >= 0.6 is 0 Å². The standard InChI is InChI=1S/C8H10N2.CH3NO/c1-2-3-7-4-5-8(9)10-6-7;2-1-3/h2-6H,1H3,(H2,9,10);1H,(H2,2,3)/b3-2+;. The molecule has 4 heteroatoms. The zero-order chi connectivity index (χ0) is 10.1. The normalized spacial score (nSPS) is 9.00. The fraction of sp³-hybridized carbons (Fsp3) is 0.111. The minimum absolute atomic E-state index is 0.250. The van der Waals surface area contributed by atoms with Crippen LogP contribution in [0.3, 0.4) is 0 Å². The van der Waals surface area contributed by atoms with E-state index in [-0.39, 0.29) is 6.41 Å². The Hall–Kier alpha value is -1.84. The van der Waals surface area contributed by atoms with Gasteiger partial charge in [-0.1, -0.05) is 12.2 Å². The van der Waals surface area contributed by atoms with E-state index < -0.39 is 0 Å². The van der Waals surface area contributed by atoms with Crippen LogP contribution in [-0.4, -0.2) is 11.4 Å². The van der Waals surface area contributed by atoms with E-state index in [4.69, 9.17) is 10.5 Å². The number of carbonyl (C=O) groups is 1. The molecule has 0 aliphatic rings. The van der Waals surface area contributed by atoms with Crippen LogP contribution in [0.1, 0.15) is 12.5 Å². The molecule has 1 aromatic heterocycles. The molecule has 0 bridgehead atoms. The van der Waals surface area contributed by atoms with Gasteiger partial charge >= 0.3 is 0 Å². The van der Waals surface area contributed by atoms with E-state index in [0.29, 0.717) is 5.82 Å². The van der Waals surface area contributed by atoms with Crippen LogP contribution in [0.4, 0.5) is 5.82 Å². The van der Waals surface area contributed by atoms with Gasteiger partial charge in [-0.3, -0.25) is 4.79 Å². The molecule has 1 rings (SSSR count). The summed E-state index contributed by atoms with van der Waals surface area (Å²) >= 11 is 0. The lowest BCUT2D eigenvalue weighted by Crippen LogP contribution is -1.87. The number of anilines is 1. The van der Waals surface area contributed by atoms with Crippen molar-refractivity contribution < 1.29 is 4.79 Å². The number of pyridine rings is 1. The van der Waals surface area contributed by atoms with E-state index in [2.05, 4.69) is 10.7 Å². The molecule has 4 nitrogen and oxygen atoms in total. The van der Waals surface area contributed by atoms with Crippen molar-refractivity contribution in [3.8, 4) is 0 Å². The van der Waals surface area contributed by atoms with E-state index in [9.17, 15) is 0 Å². The van der Waals surface area contributed by atoms with E-state index >= 15 is 0 Å². The zero-order valence-corrected chi connectivity index (χ0v) is 7.47. The van der Waals surface area contributed by atoms with Crippen LogP contribution in [0, 0.1) is 0 Å². The Morgan fingerprint density at radius 1 is 1.46 bits per heavy atom. The number of hydrogen-bond donors (Lipinski definition) is 2. The van der Waals surface area contributed by atoms with Crippen LogP contribution in [0.2, 0.25) is 0 Å². The second kappa shape index (κ2) is 6.84. The minimum atomic E-state index is 0.250. The highest BCUT2D eigenvalue weighted by molar-refractivity contribution is 5.49. The van der Waals surface area contributed by atoms with Gasteiger partial charge in [0.15, 0.2) is 0 Å². The van der Waals surface area contributed by atoms with Crippen molar-refractivity contribution in [1.29, 1.82) is 0 Å². The monoisotopic (exact) mass is 179 g/mol. The van der Waals surface area contributed by atoms with Crippen molar-refractivity contribution in [2.24, 2.45) is 5.73 Å². The number of nitrogen functional groups attached to an aromatic ring is 1. The first-order valence-electron chi connectivity index (χ1n) is 3.74. The maximum atomic E-state index is 8.58. The summed E-state index contributed by atoms with van der Waals surface area (Å²) in [5, 5.41) is 0. The predicted molar refractivity (Wildman–Crippen MR) is 53.6 cm³/mol. The first kappa shape index (κ1) is 11.2. The summed E-state index contributed by atoms with van der Waals surface area (Å²) in [6.45, 7) is 1.97. The number of allylic oxidation sites excluding steroid dienone is 1. The van der Waals surface area contributed by atoms with Gasteiger partial charge in [-0.15, -0.1) is 0 Å². The summed E-state index contributed by atoms with van der Waals surface area (Å²) in [4.78, 5) is 12.5. The van der Waals surface area contributed by atoms with Gasteiger partial charge in [0.25, 0.3) is 0 Å². The maximum absolute atomic E-state index is 8.58. The molecule has 70 valence electrons. The molecule has 0 atom stereocenters. The number of hydrogen-bond acceptors (Lipinski definition) is 3. The Kier molecular flexibility index (Phi) is 5.88. The average molecular weight is 179 g/mol. The van der Waals surface area contributed by atoms with Crippen molar-refractivity contribution in [2.45, 2.75) is 6.92 Å². The summed E-state index contributed by atoms with van der Waals surface area (Å²) in [7, 11) is 0. The Morgan fingerprint density at radius 2 is 2.08 bits per heavy atom. The molecular formula is C9H13N3O. The largest absolute Gasteiger partial charge is 0.384 e. The number of primary amides is 1. The van der Waals surface area contributed by atoms with Crippen LogP contribution in [0.25, 0.3) is 6.08 Å². The number of rotatable bonds is 1. The summed E-state index contributed by atoms with van der Waals surface area (Å²) in [6.07, 6.45) is 5.94. The van der Waals surface area contributed by atoms with Gasteiger partial charge in [0.2, 0.25) is 6.41 Å². The highest BCUT2D eigenvalue weighted by atomic mass is 16.1. The molecule has 13 heavy (non-hydrogen) atoms. The molecule has 0 saturated heterocycles. The van der Waals surface area contributed by atoms with E-state index in [1.165, 1.54) is 0 Å². The van der Waals surface area contributed by atoms with E-state index in [0.717, 1.165) is 5.56 Å². The second-order valence-corrected chi connectivity index (χ2v) is 2.15. The Balaban J connectivity index is 0.000000424. The molecule has 4 N–H and O–H groups in total. The molecule has 0 radical (unpaired) electrons. The van der Waals surface area contributed by atoms with Gasteiger partial charge < -0.3 is 11.5 Å². The highest BCUT2D eigenvalue weighted by Gasteiger charge is 1.85. The van der Waals surface area contributed by atoms with Gasteiger partial charge in [-0.05, 0) is 24.6 Å². The number of nitrogens with zero attached hydrogens (tertiary/aromatic N) is 1. The number of carbonyl (C=O) groups excluding carboxylic acids is 1. The van der Waals surface area contributed by atoms with Crippen LogP contribution in [0.5, 0.6) is 0 Å². The molecule has 1 aromatic rings. The Labute approximate surface area is 77.3 Å². The molecule has 0 unspecified atom stereocenters. The molecule has 0 aliphatic carbocycles. The maximum Gasteiger partial charge on any atom is 0.204 e. The second-order valence-electron chi connectivity index (χ2n) is 2.15. The molecule has 0 fully saturated rings. The van der Waals surface area contributed by atoms with Gasteiger partial charge in [0, 0.05) is 6.20 Å². The molecule has 0 aromatic carbocycles. The van der Waals surface area contributed by atoms with Crippen molar-refractivity contribution in [3.63, 3.8) is 0 Å². The van der Waals surface area contributed by atoms with Crippen LogP contribution in [-0.2, 0) is 4.79 Å². The van der Waals surface area contributed by atoms with Crippen molar-refractivity contribution in [1.82, 2.24) is 4.98 Å². The third-order valence-electron chi connectivity index (χ3n) is 1.17. The van der Waals surface area contributed by atoms with Gasteiger partial charge in [0.1, 0.15) is 5.82 Å². The Morgan fingerprint density at radius 3 is 2.46 bits per heavy atom. The summed E-state index contributed by atoms with van der Waals surface area (Å²) in [5.41, 5.74) is 10.6. The minimum Gasteiger partial charge on any atom is -0.384 e. The lowest BCUT2D eigenvalue weighted by molar-refractivity contribution is -0.106. The van der Waals surface area contributed by atoms with Crippen molar-refractivity contribution in [3.05, 3.63) is 30.0 Å². The third-order valence-corrected chi connectivity index (χ3v) is 1.17. The molecule has 0 spiro atoms. The topological polar surface area (TPSA) is 82.0 Å². The van der Waals surface area contributed by atoms with Gasteiger partial charge in [0.05, 0.1) is 0 Å². The van der Waals surface area contributed by atoms with Gasteiger partial charge in [-0.2, -0.15) is 0 Å². The SMILES string of the molecule is C/C=C/c1ccc(N)nc1.NC=O. The lowest BCUT2D eigenvalue weighted by atomic mass is 10.2. The zero-order valence-electron chi connectivity index (χ0n) is 7.47. The number of aromatic nitrogens is 1. The average Bonchev–Trinajstić information content (AvgIpc) is 2.11. The van der Waals surface area contributed by atoms with Crippen molar-refractivity contribution in [2.75, 3.05) is 5.73 Å². The molecule has 0 saturated carbocycles. The molecule has 1 heterocycles. The first-order chi connectivity index (χ1) is 6.24. The fourth-order valence-corrected chi connectivity index (χ4v) is 0.708. The summed E-state index contributed by atoms with van der Waals surface area (Å²) in [6, 6.07) is 3.72. The highest BCUT2D eigenvalue weighted by Crippen LogP contribution is 2.02. The summed E-state index contributed by atoms with van der Waals surface area (Å²) in [5.74, 6) is 0.563. The van der Waals surface area contributed by atoms with E-state index in [1.54, 1.807) is 12.3 Å². The smallest absolute Gasteiger partial charge is 0.204 e. The van der Waals surface area contributed by atoms with Crippen LogP contribution in [0.15, 0.2) is 24.4 Å². The quantitative estimate of drug-likeness (QED) is 0.625. The van der Waals surface area contributed by atoms with Crippen LogP contribution < -0.4 is 11.5 Å². The first-order valence-corrected chi connectivity index (χ1v) is 3.74. The molecule has 1 amide bonds. The van der Waals surface area contributed by atoms with Gasteiger partial charge in [-0.25, -0.2) is 4.98 Å². The van der Waals surface area contributed by atoms with Crippen molar-refractivity contribution >= 4 is 18.3 Å². The Bertz CT molecular complexity index is 267. The predicted octanol–water partition coefficient (Wildman–Crippen LogP) is 0.798.